The molecule has 0 spiro atoms. The monoisotopic (exact) mass is 567 g/mol. The van der Waals surface area contributed by atoms with Crippen LogP contribution in [0.25, 0.3) is 0 Å². The maximum absolute atomic E-state index is 13.7. The SMILES string of the molecule is CCCCCNC(=O)[C@H](Cc1ccc(OCC(=O)O)c(C(=O)O)c1)NC(=O)[C@@H](Cc1ccccc1)N1CCCC1=O. The van der Waals surface area contributed by atoms with E-state index in [4.69, 9.17) is 9.84 Å². The van der Waals surface area contributed by atoms with Crippen LogP contribution in [0.4, 0.5) is 0 Å². The van der Waals surface area contributed by atoms with Gasteiger partial charge in [-0.15, -0.1) is 0 Å². The van der Waals surface area contributed by atoms with Crippen LogP contribution in [0.5, 0.6) is 5.75 Å². The van der Waals surface area contributed by atoms with E-state index in [1.54, 1.807) is 4.90 Å². The molecular formula is C30H37N3O8. The van der Waals surface area contributed by atoms with Crippen molar-refractivity contribution < 1.29 is 38.9 Å². The van der Waals surface area contributed by atoms with Crippen LogP contribution in [0.3, 0.4) is 0 Å². The fourth-order valence-corrected chi connectivity index (χ4v) is 4.74. The molecule has 2 aromatic rings. The fraction of sp³-hybridized carbons (Fsp3) is 0.433. The number of nitrogens with one attached hydrogen (secondary N) is 2. The number of likely N-dealkylation sites (tertiary alicyclic amines) is 1. The number of carbonyl (C=O) groups is 5. The Morgan fingerprint density at radius 3 is 2.37 bits per heavy atom. The van der Waals surface area contributed by atoms with Gasteiger partial charge in [-0.25, -0.2) is 9.59 Å². The average Bonchev–Trinajstić information content (AvgIpc) is 3.38. The standard InChI is InChI=1S/C30H37N3O8/c1-2-3-7-14-31-28(37)23(17-21-12-13-25(41-19-27(35)36)22(16-21)30(39)40)32-29(38)24(33-15-8-11-26(33)34)18-20-9-5-4-6-10-20/h4-6,9-10,12-13,16,23-24H,2-3,7-8,11,14-15,17-19H2,1H3,(H,31,37)(H,32,38)(H,35,36)(H,39,40)/t23-,24+/m0/s1. The van der Waals surface area contributed by atoms with E-state index in [-0.39, 0.29) is 30.1 Å². The maximum Gasteiger partial charge on any atom is 0.341 e. The smallest absolute Gasteiger partial charge is 0.341 e. The van der Waals surface area contributed by atoms with Gasteiger partial charge in [0.1, 0.15) is 23.4 Å². The number of nitrogens with zero attached hydrogens (tertiary/aromatic N) is 1. The van der Waals surface area contributed by atoms with Gasteiger partial charge in [0.2, 0.25) is 17.7 Å². The Labute approximate surface area is 238 Å². The van der Waals surface area contributed by atoms with Crippen molar-refractivity contribution in [3.63, 3.8) is 0 Å². The summed E-state index contributed by atoms with van der Waals surface area (Å²) in [6, 6.07) is 11.6. The van der Waals surface area contributed by atoms with E-state index in [0.717, 1.165) is 24.8 Å². The Hall–Kier alpha value is -4.41. The van der Waals surface area contributed by atoms with Crippen LogP contribution in [0.1, 0.15) is 60.5 Å². The summed E-state index contributed by atoms with van der Waals surface area (Å²) in [6.45, 7) is 2.19. The second-order valence-corrected chi connectivity index (χ2v) is 9.98. The van der Waals surface area contributed by atoms with Crippen LogP contribution in [-0.4, -0.2) is 76.6 Å². The zero-order valence-corrected chi connectivity index (χ0v) is 23.1. The molecule has 3 rings (SSSR count). The number of ether oxygens (including phenoxy) is 1. The summed E-state index contributed by atoms with van der Waals surface area (Å²) < 4.78 is 5.10. The topological polar surface area (TPSA) is 162 Å². The first-order valence-electron chi connectivity index (χ1n) is 13.8. The lowest BCUT2D eigenvalue weighted by Crippen LogP contribution is -2.55. The van der Waals surface area contributed by atoms with Crippen molar-refractivity contribution in [2.75, 3.05) is 19.7 Å². The van der Waals surface area contributed by atoms with E-state index in [0.29, 0.717) is 31.5 Å². The number of hydrogen-bond donors (Lipinski definition) is 4. The fourth-order valence-electron chi connectivity index (χ4n) is 4.74. The summed E-state index contributed by atoms with van der Waals surface area (Å²) in [5, 5.41) is 24.2. The minimum atomic E-state index is -1.33. The molecule has 0 aliphatic carbocycles. The summed E-state index contributed by atoms with van der Waals surface area (Å²) in [7, 11) is 0. The first-order chi connectivity index (χ1) is 19.7. The second-order valence-electron chi connectivity index (χ2n) is 9.98. The number of carboxylic acid groups (broad SMARTS) is 2. The van der Waals surface area contributed by atoms with Crippen molar-refractivity contribution >= 4 is 29.7 Å². The number of benzene rings is 2. The number of rotatable bonds is 16. The molecule has 41 heavy (non-hydrogen) atoms. The molecule has 0 aromatic heterocycles. The lowest BCUT2D eigenvalue weighted by molar-refractivity contribution is -0.139. The predicted octanol–water partition coefficient (Wildman–Crippen LogP) is 2.42. The van der Waals surface area contributed by atoms with Crippen LogP contribution in [0.2, 0.25) is 0 Å². The highest BCUT2D eigenvalue weighted by molar-refractivity contribution is 5.93. The van der Waals surface area contributed by atoms with Gasteiger partial charge in [-0.3, -0.25) is 14.4 Å². The molecule has 0 unspecified atom stereocenters. The highest BCUT2D eigenvalue weighted by atomic mass is 16.5. The highest BCUT2D eigenvalue weighted by Crippen LogP contribution is 2.22. The minimum Gasteiger partial charge on any atom is -0.481 e. The van der Waals surface area contributed by atoms with E-state index in [2.05, 4.69) is 10.6 Å². The zero-order valence-electron chi connectivity index (χ0n) is 23.1. The molecule has 1 aliphatic heterocycles. The van der Waals surface area contributed by atoms with Gasteiger partial charge in [0.05, 0.1) is 0 Å². The molecule has 0 radical (unpaired) electrons. The van der Waals surface area contributed by atoms with Crippen LogP contribution in [0.15, 0.2) is 48.5 Å². The van der Waals surface area contributed by atoms with Crippen molar-refractivity contribution in [3.8, 4) is 5.75 Å². The summed E-state index contributed by atoms with van der Waals surface area (Å²) in [5.41, 5.74) is 1.04. The number of aromatic carboxylic acids is 1. The van der Waals surface area contributed by atoms with Crippen LogP contribution >= 0.6 is 0 Å². The molecule has 1 saturated heterocycles. The van der Waals surface area contributed by atoms with E-state index >= 15 is 0 Å². The van der Waals surface area contributed by atoms with Gasteiger partial charge in [-0.2, -0.15) is 0 Å². The Kier molecular flexibility index (Phi) is 11.7. The van der Waals surface area contributed by atoms with Gasteiger partial charge in [0, 0.05) is 32.4 Å². The molecule has 3 amide bonds. The predicted molar refractivity (Wildman–Crippen MR) is 150 cm³/mol. The summed E-state index contributed by atoms with van der Waals surface area (Å²) in [6.07, 6.45) is 3.91. The molecule has 1 aliphatic rings. The largest absolute Gasteiger partial charge is 0.481 e. The van der Waals surface area contributed by atoms with Gasteiger partial charge in [0.25, 0.3) is 0 Å². The van der Waals surface area contributed by atoms with Gasteiger partial charge in [-0.05, 0) is 36.1 Å². The molecule has 1 heterocycles. The van der Waals surface area contributed by atoms with E-state index in [1.165, 1.54) is 18.2 Å². The lowest BCUT2D eigenvalue weighted by atomic mass is 10.00. The Bertz CT molecular complexity index is 1230. The number of amides is 3. The van der Waals surface area contributed by atoms with Crippen molar-refractivity contribution in [2.45, 2.75) is 64.0 Å². The minimum absolute atomic E-state index is 0.0309. The Morgan fingerprint density at radius 2 is 1.73 bits per heavy atom. The van der Waals surface area contributed by atoms with Gasteiger partial charge < -0.3 is 30.5 Å². The van der Waals surface area contributed by atoms with Crippen molar-refractivity contribution in [2.24, 2.45) is 0 Å². The third kappa shape index (κ3) is 9.33. The van der Waals surface area contributed by atoms with Crippen molar-refractivity contribution in [1.82, 2.24) is 15.5 Å². The van der Waals surface area contributed by atoms with E-state index in [1.807, 2.05) is 37.3 Å². The van der Waals surface area contributed by atoms with Gasteiger partial charge in [0.15, 0.2) is 6.61 Å². The first kappa shape index (κ1) is 31.1. The van der Waals surface area contributed by atoms with Crippen molar-refractivity contribution in [1.29, 1.82) is 0 Å². The maximum atomic E-state index is 13.7. The average molecular weight is 568 g/mol. The summed E-state index contributed by atoms with van der Waals surface area (Å²) in [5.74, 6) is -3.73. The van der Waals surface area contributed by atoms with E-state index < -0.39 is 42.4 Å². The highest BCUT2D eigenvalue weighted by Gasteiger charge is 2.35. The van der Waals surface area contributed by atoms with Crippen molar-refractivity contribution in [3.05, 3.63) is 65.2 Å². The molecule has 220 valence electrons. The summed E-state index contributed by atoms with van der Waals surface area (Å²) in [4.78, 5) is 63.8. The van der Waals surface area contributed by atoms with E-state index in [9.17, 15) is 29.1 Å². The zero-order chi connectivity index (χ0) is 29.8. The lowest BCUT2D eigenvalue weighted by Gasteiger charge is -2.29. The van der Waals surface area contributed by atoms with Crippen LogP contribution < -0.4 is 15.4 Å². The molecule has 2 atom stereocenters. The normalized spacial score (nSPS) is 14.3. The number of unbranched alkanes of at least 4 members (excludes halogenated alkanes) is 2. The molecule has 4 N–H and O–H groups in total. The molecule has 2 aromatic carbocycles. The molecule has 0 saturated carbocycles. The third-order valence-electron chi connectivity index (χ3n) is 6.84. The first-order valence-corrected chi connectivity index (χ1v) is 13.8. The van der Waals surface area contributed by atoms with Gasteiger partial charge in [-0.1, -0.05) is 56.2 Å². The second kappa shape index (κ2) is 15.4. The molecule has 0 bridgehead atoms. The van der Waals surface area contributed by atoms with Crippen LogP contribution in [0, 0.1) is 0 Å². The quantitative estimate of drug-likeness (QED) is 0.225. The third-order valence-corrected chi connectivity index (χ3v) is 6.84. The van der Waals surface area contributed by atoms with Gasteiger partial charge >= 0.3 is 11.9 Å². The number of carbonyl (C=O) groups excluding carboxylic acids is 3. The number of aliphatic carboxylic acids is 1. The molecule has 1 fully saturated rings. The Morgan fingerprint density at radius 1 is 0.976 bits per heavy atom. The summed E-state index contributed by atoms with van der Waals surface area (Å²) >= 11 is 0. The molecule has 11 nitrogen and oxygen atoms in total. The van der Waals surface area contributed by atoms with Crippen LogP contribution in [-0.2, 0) is 32.0 Å². The number of hydrogen-bond acceptors (Lipinski definition) is 6. The molecule has 11 heteroatoms. The Balaban J connectivity index is 1.85. The number of carboxylic acids is 2. The molecular weight excluding hydrogens is 530 g/mol.